The zero-order valence-corrected chi connectivity index (χ0v) is 5.83. The first kappa shape index (κ1) is 6.71. The van der Waals surface area contributed by atoms with Crippen molar-refractivity contribution in [3.63, 3.8) is 0 Å². The van der Waals surface area contributed by atoms with E-state index >= 15 is 0 Å². The van der Waals surface area contributed by atoms with E-state index in [4.69, 9.17) is 10.5 Å². The van der Waals surface area contributed by atoms with Crippen molar-refractivity contribution in [1.82, 2.24) is 4.98 Å². The molecule has 0 atom stereocenters. The molecule has 0 fully saturated rings. The molecule has 3 N–H and O–H groups in total. The van der Waals surface area contributed by atoms with E-state index in [1.807, 2.05) is 0 Å². The van der Waals surface area contributed by atoms with Crippen molar-refractivity contribution in [2.75, 3.05) is 0 Å². The quantitative estimate of drug-likeness (QED) is 0.520. The number of aromatic nitrogens is 1. The summed E-state index contributed by atoms with van der Waals surface area (Å²) < 4.78 is 0. The van der Waals surface area contributed by atoms with Crippen LogP contribution in [0.2, 0.25) is 0 Å². The molecule has 1 aliphatic heterocycles. The highest BCUT2D eigenvalue weighted by atomic mass is 16.3. The normalized spacial score (nSPS) is 13.5. The lowest BCUT2D eigenvalue weighted by molar-refractivity contribution is 0.451. The average molecular weight is 164 g/mol. The molecule has 0 saturated heterocycles. The number of aromatic hydroxyl groups is 1. The lowest BCUT2D eigenvalue weighted by atomic mass is 10.2. The smallest absolute Gasteiger partial charge is 0.252 e. The van der Waals surface area contributed by atoms with Gasteiger partial charge in [-0.05, 0) is 0 Å². The van der Waals surface area contributed by atoms with Gasteiger partial charge in [-0.3, -0.25) is 15.2 Å². The van der Waals surface area contributed by atoms with Crippen LogP contribution in [0, 0.1) is 5.41 Å². The van der Waals surface area contributed by atoms with Gasteiger partial charge < -0.3 is 5.11 Å². The topological polar surface area (TPSA) is 102 Å². The molecule has 0 spiro atoms. The van der Waals surface area contributed by atoms with Crippen molar-refractivity contribution in [1.29, 1.82) is 5.41 Å². The third-order valence-electron chi connectivity index (χ3n) is 1.50. The molecule has 1 aromatic rings. The Balaban J connectivity index is 2.83. The van der Waals surface area contributed by atoms with Crippen LogP contribution in [0.15, 0.2) is 21.1 Å². The van der Waals surface area contributed by atoms with Gasteiger partial charge in [0.05, 0.1) is 0 Å². The predicted octanol–water partition coefficient (Wildman–Crippen LogP) is 0.503. The number of hydrogen-bond acceptors (Lipinski definition) is 4. The fraction of sp³-hybridized carbons (Fsp3) is 0. The van der Waals surface area contributed by atoms with E-state index in [2.05, 4.69) is 15.2 Å². The van der Waals surface area contributed by atoms with Crippen LogP contribution in [0.25, 0.3) is 0 Å². The minimum Gasteiger partial charge on any atom is -0.494 e. The Kier molecular flexibility index (Phi) is 1.12. The number of hydrogen-bond donors (Lipinski definition) is 3. The monoisotopic (exact) mass is 164 g/mol. The Bertz CT molecular complexity index is 445. The van der Waals surface area contributed by atoms with Crippen LogP contribution in [0.4, 0.5) is 5.69 Å². The summed E-state index contributed by atoms with van der Waals surface area (Å²) in [5, 5.41) is 23.3. The van der Waals surface area contributed by atoms with Crippen LogP contribution in [0.3, 0.4) is 0 Å². The van der Waals surface area contributed by atoms with E-state index in [9.17, 15) is 4.79 Å². The first-order chi connectivity index (χ1) is 5.68. The maximum atomic E-state index is 10.8. The number of aromatic amines is 1. The van der Waals surface area contributed by atoms with E-state index in [-0.39, 0.29) is 23.0 Å². The maximum Gasteiger partial charge on any atom is 0.252 e. The molecule has 0 saturated carbocycles. The number of nitrogens with zero attached hydrogens (tertiary/aromatic N) is 2. The molecule has 0 amide bonds. The number of fused-ring (bicyclic) bond motifs is 1. The van der Waals surface area contributed by atoms with Gasteiger partial charge in [0.25, 0.3) is 5.56 Å². The number of rotatable bonds is 0. The van der Waals surface area contributed by atoms with Crippen molar-refractivity contribution in [3.8, 4) is 5.88 Å². The molecule has 2 heterocycles. The summed E-state index contributed by atoms with van der Waals surface area (Å²) in [7, 11) is 0. The summed E-state index contributed by atoms with van der Waals surface area (Å²) in [6.45, 7) is 0. The lowest BCUT2D eigenvalue weighted by Gasteiger charge is -1.96. The minimum absolute atomic E-state index is 0.140. The number of azo groups is 1. The minimum atomic E-state index is -0.458. The van der Waals surface area contributed by atoms with Crippen LogP contribution < -0.4 is 5.56 Å². The molecule has 6 nitrogen and oxygen atoms in total. The number of amidine groups is 1. The third-order valence-corrected chi connectivity index (χ3v) is 1.50. The van der Waals surface area contributed by atoms with Gasteiger partial charge >= 0.3 is 0 Å². The van der Waals surface area contributed by atoms with E-state index < -0.39 is 5.56 Å². The second-order valence-electron chi connectivity index (χ2n) is 2.29. The first-order valence-corrected chi connectivity index (χ1v) is 3.15. The maximum absolute atomic E-state index is 10.8. The van der Waals surface area contributed by atoms with Crippen molar-refractivity contribution >= 4 is 11.5 Å². The average Bonchev–Trinajstić information content (AvgIpc) is 2.31. The zero-order chi connectivity index (χ0) is 8.72. The van der Waals surface area contributed by atoms with Crippen LogP contribution in [-0.2, 0) is 0 Å². The summed E-state index contributed by atoms with van der Waals surface area (Å²) in [5.41, 5.74) is -0.0456. The van der Waals surface area contributed by atoms with Gasteiger partial charge in [-0.1, -0.05) is 0 Å². The second-order valence-corrected chi connectivity index (χ2v) is 2.29. The Labute approximate surface area is 66.1 Å². The van der Waals surface area contributed by atoms with Gasteiger partial charge in [0.1, 0.15) is 11.3 Å². The standard InChI is InChI=1S/C6H4N4O2/c7-5-4-2(9-10-5)1-3(11)8-6(4)12/h1,7H,(H2,8,11,12). The third kappa shape index (κ3) is 0.746. The zero-order valence-electron chi connectivity index (χ0n) is 5.83. The molecule has 60 valence electrons. The van der Waals surface area contributed by atoms with Gasteiger partial charge in [0.15, 0.2) is 5.84 Å². The lowest BCUT2D eigenvalue weighted by Crippen LogP contribution is -2.05. The molecule has 0 radical (unpaired) electrons. The Morgan fingerprint density at radius 1 is 1.50 bits per heavy atom. The van der Waals surface area contributed by atoms with E-state index in [1.165, 1.54) is 6.07 Å². The van der Waals surface area contributed by atoms with Gasteiger partial charge in [-0.2, -0.15) is 0 Å². The Morgan fingerprint density at radius 2 is 2.25 bits per heavy atom. The molecule has 1 aromatic heterocycles. The summed E-state index contributed by atoms with van der Waals surface area (Å²) >= 11 is 0. The van der Waals surface area contributed by atoms with Crippen molar-refractivity contribution in [3.05, 3.63) is 22.0 Å². The summed E-state index contributed by atoms with van der Waals surface area (Å²) in [6.07, 6.45) is 0. The molecule has 0 aliphatic carbocycles. The van der Waals surface area contributed by atoms with Gasteiger partial charge in [-0.25, -0.2) is 0 Å². The molecule has 0 aromatic carbocycles. The van der Waals surface area contributed by atoms with Crippen molar-refractivity contribution < 1.29 is 5.11 Å². The molecular formula is C6H4N4O2. The molecule has 6 heteroatoms. The molecule has 0 bridgehead atoms. The van der Waals surface area contributed by atoms with Crippen LogP contribution in [0.5, 0.6) is 5.88 Å². The predicted molar refractivity (Wildman–Crippen MR) is 40.1 cm³/mol. The highest BCUT2D eigenvalue weighted by molar-refractivity contribution is 6.05. The number of pyridine rings is 1. The van der Waals surface area contributed by atoms with E-state index in [1.54, 1.807) is 0 Å². The van der Waals surface area contributed by atoms with Crippen LogP contribution >= 0.6 is 0 Å². The van der Waals surface area contributed by atoms with Gasteiger partial charge in [0, 0.05) is 6.07 Å². The number of H-pyrrole nitrogens is 1. The molecule has 1 aliphatic rings. The summed E-state index contributed by atoms with van der Waals surface area (Å²) in [5.74, 6) is -0.494. The highest BCUT2D eigenvalue weighted by Gasteiger charge is 2.19. The van der Waals surface area contributed by atoms with Crippen LogP contribution in [-0.4, -0.2) is 15.9 Å². The van der Waals surface area contributed by atoms with Gasteiger partial charge in [-0.15, -0.1) is 10.2 Å². The van der Waals surface area contributed by atoms with Gasteiger partial charge in [0.2, 0.25) is 5.88 Å². The molecule has 12 heavy (non-hydrogen) atoms. The van der Waals surface area contributed by atoms with E-state index in [0.29, 0.717) is 0 Å². The second kappa shape index (κ2) is 2.00. The first-order valence-electron chi connectivity index (χ1n) is 3.15. The fourth-order valence-electron chi connectivity index (χ4n) is 0.999. The van der Waals surface area contributed by atoms with Crippen molar-refractivity contribution in [2.45, 2.75) is 0 Å². The Hall–Kier alpha value is -1.98. The largest absolute Gasteiger partial charge is 0.494 e. The SMILES string of the molecule is N=C1N=Nc2cc(=O)[nH]c(O)c21. The summed E-state index contributed by atoms with van der Waals surface area (Å²) in [4.78, 5) is 12.9. The van der Waals surface area contributed by atoms with Crippen molar-refractivity contribution in [2.24, 2.45) is 10.2 Å². The molecular weight excluding hydrogens is 160 g/mol. The Morgan fingerprint density at radius 3 is 3.00 bits per heavy atom. The number of nitrogens with one attached hydrogen (secondary N) is 2. The highest BCUT2D eigenvalue weighted by Crippen LogP contribution is 2.29. The van der Waals surface area contributed by atoms with Crippen LogP contribution in [0.1, 0.15) is 5.56 Å². The molecule has 0 unspecified atom stereocenters. The van der Waals surface area contributed by atoms with E-state index in [0.717, 1.165) is 0 Å². The molecule has 2 rings (SSSR count). The fourth-order valence-corrected chi connectivity index (χ4v) is 0.999. The summed E-state index contributed by atoms with van der Waals surface area (Å²) in [6, 6.07) is 1.18.